The fourth-order valence-electron chi connectivity index (χ4n) is 1.98. The first-order chi connectivity index (χ1) is 10.8. The highest BCUT2D eigenvalue weighted by Gasteiger charge is 2.30. The molecule has 0 saturated carbocycles. The average molecular weight is 327 g/mol. The Hall–Kier alpha value is -2.51. The topological polar surface area (TPSA) is 58.4 Å². The van der Waals surface area contributed by atoms with Gasteiger partial charge in [0.1, 0.15) is 11.5 Å². The maximum absolute atomic E-state index is 12.6. The van der Waals surface area contributed by atoms with Gasteiger partial charge < -0.3 is 14.7 Å². The summed E-state index contributed by atoms with van der Waals surface area (Å²) in [6, 6.07) is 6.13. The van der Waals surface area contributed by atoms with Crippen LogP contribution in [0.1, 0.15) is 22.6 Å². The average Bonchev–Trinajstić information content (AvgIpc) is 2.89. The van der Waals surface area contributed by atoms with Crippen LogP contribution in [-0.4, -0.2) is 23.1 Å². The van der Waals surface area contributed by atoms with Gasteiger partial charge in [0.25, 0.3) is 0 Å². The van der Waals surface area contributed by atoms with E-state index in [-0.39, 0.29) is 13.1 Å². The van der Waals surface area contributed by atoms with E-state index in [1.807, 2.05) is 0 Å². The molecule has 124 valence electrons. The predicted octanol–water partition coefficient (Wildman–Crippen LogP) is 3.34. The molecular weight excluding hydrogens is 311 g/mol. The van der Waals surface area contributed by atoms with Gasteiger partial charge in [-0.1, -0.05) is 17.3 Å². The largest absolute Gasteiger partial charge is 0.416 e. The fraction of sp³-hybridized carbons (Fsp3) is 0.333. The lowest BCUT2D eigenvalue weighted by molar-refractivity contribution is -0.137. The van der Waals surface area contributed by atoms with Crippen LogP contribution in [0.3, 0.4) is 0 Å². The molecule has 0 aliphatic rings. The van der Waals surface area contributed by atoms with Crippen LogP contribution < -0.4 is 5.32 Å². The highest BCUT2D eigenvalue weighted by atomic mass is 19.4. The molecule has 0 unspecified atom stereocenters. The normalized spacial score (nSPS) is 11.3. The van der Waals surface area contributed by atoms with Crippen molar-refractivity contribution in [2.24, 2.45) is 0 Å². The molecular formula is C15H16F3N3O2. The van der Waals surface area contributed by atoms with Gasteiger partial charge in [-0.2, -0.15) is 13.2 Å². The van der Waals surface area contributed by atoms with Crippen molar-refractivity contribution in [3.63, 3.8) is 0 Å². The summed E-state index contributed by atoms with van der Waals surface area (Å²) in [6.45, 7) is 1.99. The van der Waals surface area contributed by atoms with Crippen LogP contribution in [0.2, 0.25) is 0 Å². The number of amides is 2. The third-order valence-electron chi connectivity index (χ3n) is 3.12. The zero-order valence-corrected chi connectivity index (χ0v) is 12.6. The van der Waals surface area contributed by atoms with Gasteiger partial charge in [0.2, 0.25) is 0 Å². The summed E-state index contributed by atoms with van der Waals surface area (Å²) in [5, 5.41) is 6.34. The smallest absolute Gasteiger partial charge is 0.361 e. The summed E-state index contributed by atoms with van der Waals surface area (Å²) in [5.74, 6) is 0.637. The standard InChI is InChI=1S/C15H16F3N3O2/c1-10-6-13(20-23-10)9-21(2)14(22)19-8-11-4-3-5-12(7-11)15(16,17)18/h3-7H,8-9H2,1-2H3,(H,19,22). The molecule has 0 aliphatic carbocycles. The third-order valence-corrected chi connectivity index (χ3v) is 3.12. The molecule has 2 amide bonds. The van der Waals surface area contributed by atoms with Crippen molar-refractivity contribution in [1.82, 2.24) is 15.4 Å². The van der Waals surface area contributed by atoms with Crippen molar-refractivity contribution in [2.45, 2.75) is 26.2 Å². The summed E-state index contributed by atoms with van der Waals surface area (Å²) in [7, 11) is 1.56. The Morgan fingerprint density at radius 3 is 2.70 bits per heavy atom. The van der Waals surface area contributed by atoms with Crippen LogP contribution in [0.5, 0.6) is 0 Å². The number of benzene rings is 1. The summed E-state index contributed by atoms with van der Waals surface area (Å²) in [6.07, 6.45) is -4.40. The minimum Gasteiger partial charge on any atom is -0.361 e. The number of nitrogens with one attached hydrogen (secondary N) is 1. The second-order valence-corrected chi connectivity index (χ2v) is 5.14. The molecule has 1 N–H and O–H groups in total. The molecule has 0 bridgehead atoms. The van der Waals surface area contributed by atoms with Crippen molar-refractivity contribution in [1.29, 1.82) is 0 Å². The van der Waals surface area contributed by atoms with E-state index in [0.29, 0.717) is 17.0 Å². The van der Waals surface area contributed by atoms with E-state index in [4.69, 9.17) is 4.52 Å². The van der Waals surface area contributed by atoms with Crippen LogP contribution in [-0.2, 0) is 19.3 Å². The van der Waals surface area contributed by atoms with Gasteiger partial charge in [-0.05, 0) is 24.6 Å². The van der Waals surface area contributed by atoms with Gasteiger partial charge in [0, 0.05) is 19.7 Å². The molecule has 0 spiro atoms. The lowest BCUT2D eigenvalue weighted by Crippen LogP contribution is -2.36. The van der Waals surface area contributed by atoms with Gasteiger partial charge in [-0.3, -0.25) is 0 Å². The Kier molecular flexibility index (Phi) is 4.92. The number of aryl methyl sites for hydroxylation is 1. The monoisotopic (exact) mass is 327 g/mol. The highest BCUT2D eigenvalue weighted by Crippen LogP contribution is 2.29. The second-order valence-electron chi connectivity index (χ2n) is 5.14. The molecule has 0 atom stereocenters. The van der Waals surface area contributed by atoms with Gasteiger partial charge in [-0.15, -0.1) is 0 Å². The number of hydrogen-bond donors (Lipinski definition) is 1. The van der Waals surface area contributed by atoms with Crippen molar-refractivity contribution >= 4 is 6.03 Å². The third kappa shape index (κ3) is 4.73. The maximum atomic E-state index is 12.6. The Morgan fingerprint density at radius 2 is 2.09 bits per heavy atom. The van der Waals surface area contributed by atoms with Crippen molar-refractivity contribution in [3.05, 3.63) is 52.9 Å². The number of carbonyl (C=O) groups is 1. The van der Waals surface area contributed by atoms with E-state index in [1.165, 1.54) is 17.0 Å². The lowest BCUT2D eigenvalue weighted by atomic mass is 10.1. The molecule has 2 aromatic rings. The minimum atomic E-state index is -4.40. The number of halogens is 3. The summed E-state index contributed by atoms with van der Waals surface area (Å²) in [4.78, 5) is 13.3. The van der Waals surface area contributed by atoms with Gasteiger partial charge in [-0.25, -0.2) is 4.79 Å². The SMILES string of the molecule is Cc1cc(CN(C)C(=O)NCc2cccc(C(F)(F)F)c2)no1. The van der Waals surface area contributed by atoms with Gasteiger partial charge in [0.15, 0.2) is 0 Å². The summed E-state index contributed by atoms with van der Waals surface area (Å²) < 4.78 is 42.8. The molecule has 23 heavy (non-hydrogen) atoms. The molecule has 0 radical (unpaired) electrons. The van der Waals surface area contributed by atoms with Crippen LogP contribution in [0.25, 0.3) is 0 Å². The highest BCUT2D eigenvalue weighted by molar-refractivity contribution is 5.73. The molecule has 0 fully saturated rings. The van der Waals surface area contributed by atoms with E-state index in [1.54, 1.807) is 20.0 Å². The minimum absolute atomic E-state index is 0.00490. The van der Waals surface area contributed by atoms with E-state index in [9.17, 15) is 18.0 Å². The van der Waals surface area contributed by atoms with E-state index in [0.717, 1.165) is 12.1 Å². The molecule has 2 rings (SSSR count). The molecule has 8 heteroatoms. The number of carbonyl (C=O) groups excluding carboxylic acids is 1. The van der Waals surface area contributed by atoms with Crippen molar-refractivity contribution < 1.29 is 22.5 Å². The zero-order valence-electron chi connectivity index (χ0n) is 12.6. The van der Waals surface area contributed by atoms with Crippen molar-refractivity contribution in [2.75, 3.05) is 7.05 Å². The maximum Gasteiger partial charge on any atom is 0.416 e. The quantitative estimate of drug-likeness (QED) is 0.937. The van der Waals surface area contributed by atoms with E-state index in [2.05, 4.69) is 10.5 Å². The Labute approximate surface area is 131 Å². The Balaban J connectivity index is 1.91. The lowest BCUT2D eigenvalue weighted by Gasteiger charge is -2.17. The number of rotatable bonds is 4. The molecule has 1 aromatic heterocycles. The Morgan fingerprint density at radius 1 is 1.35 bits per heavy atom. The summed E-state index contributed by atoms with van der Waals surface area (Å²) >= 11 is 0. The van der Waals surface area contributed by atoms with Gasteiger partial charge >= 0.3 is 12.2 Å². The molecule has 0 saturated heterocycles. The zero-order chi connectivity index (χ0) is 17.0. The molecule has 1 aromatic carbocycles. The first-order valence-corrected chi connectivity index (χ1v) is 6.83. The first kappa shape index (κ1) is 16.9. The van der Waals surface area contributed by atoms with Crippen LogP contribution in [0.15, 0.2) is 34.9 Å². The molecule has 0 aliphatic heterocycles. The number of nitrogens with zero attached hydrogens (tertiary/aromatic N) is 2. The molecule has 1 heterocycles. The number of urea groups is 1. The molecule has 5 nitrogen and oxygen atoms in total. The van der Waals surface area contributed by atoms with Crippen LogP contribution in [0.4, 0.5) is 18.0 Å². The fourth-order valence-corrected chi connectivity index (χ4v) is 1.98. The first-order valence-electron chi connectivity index (χ1n) is 6.83. The second kappa shape index (κ2) is 6.72. The Bertz CT molecular complexity index is 683. The number of aromatic nitrogens is 1. The van der Waals surface area contributed by atoms with E-state index >= 15 is 0 Å². The van der Waals surface area contributed by atoms with Crippen LogP contribution >= 0.6 is 0 Å². The van der Waals surface area contributed by atoms with Gasteiger partial charge in [0.05, 0.1) is 12.1 Å². The predicted molar refractivity (Wildman–Crippen MR) is 76.4 cm³/mol. The number of hydrogen-bond acceptors (Lipinski definition) is 3. The summed E-state index contributed by atoms with van der Waals surface area (Å²) in [5.41, 5.74) is 0.230. The number of alkyl halides is 3. The van der Waals surface area contributed by atoms with Crippen molar-refractivity contribution in [3.8, 4) is 0 Å². The van der Waals surface area contributed by atoms with E-state index < -0.39 is 17.8 Å². The van der Waals surface area contributed by atoms with Crippen LogP contribution in [0, 0.1) is 6.92 Å².